The number of benzene rings is 1. The van der Waals surface area contributed by atoms with Crippen LogP contribution in [0.4, 0.5) is 13.2 Å². The molecule has 0 aliphatic carbocycles. The zero-order chi connectivity index (χ0) is 12.4. The standard InChI is InChI=1S/C11H8F3NOS/c12-8-2-1-7(10(13)11(8)14)9(16)3-6-4-15-5-17-6/h1-2,4-5,9,16H,3H2. The molecule has 1 N–H and O–H groups in total. The molecule has 0 saturated carbocycles. The molecule has 17 heavy (non-hydrogen) atoms. The van der Waals surface area contributed by atoms with E-state index >= 15 is 0 Å². The molecule has 0 aliphatic heterocycles. The Kier molecular flexibility index (Phi) is 3.44. The van der Waals surface area contributed by atoms with Crippen LogP contribution in [-0.4, -0.2) is 10.1 Å². The highest BCUT2D eigenvalue weighted by atomic mass is 32.1. The van der Waals surface area contributed by atoms with Gasteiger partial charge in [-0.15, -0.1) is 11.3 Å². The van der Waals surface area contributed by atoms with E-state index in [1.165, 1.54) is 17.5 Å². The van der Waals surface area contributed by atoms with Gasteiger partial charge < -0.3 is 5.11 Å². The number of aromatic nitrogens is 1. The molecule has 0 aliphatic rings. The largest absolute Gasteiger partial charge is 0.388 e. The van der Waals surface area contributed by atoms with E-state index in [1.54, 1.807) is 5.51 Å². The molecule has 1 heterocycles. The van der Waals surface area contributed by atoms with Crippen molar-refractivity contribution >= 4 is 11.3 Å². The van der Waals surface area contributed by atoms with E-state index in [1.807, 2.05) is 0 Å². The zero-order valence-corrected chi connectivity index (χ0v) is 9.35. The molecule has 90 valence electrons. The number of nitrogens with zero attached hydrogens (tertiary/aromatic N) is 1. The summed E-state index contributed by atoms with van der Waals surface area (Å²) in [5.41, 5.74) is 1.32. The molecule has 1 unspecified atom stereocenters. The van der Waals surface area contributed by atoms with E-state index < -0.39 is 23.6 Å². The molecule has 1 atom stereocenters. The summed E-state index contributed by atoms with van der Waals surface area (Å²) in [4.78, 5) is 4.54. The first-order valence-corrected chi connectivity index (χ1v) is 5.66. The van der Waals surface area contributed by atoms with E-state index in [4.69, 9.17) is 0 Å². The molecular weight excluding hydrogens is 251 g/mol. The highest BCUT2D eigenvalue weighted by Gasteiger charge is 2.19. The molecule has 0 amide bonds. The quantitative estimate of drug-likeness (QED) is 0.860. The van der Waals surface area contributed by atoms with Gasteiger partial charge in [0.1, 0.15) is 0 Å². The molecule has 2 nitrogen and oxygen atoms in total. The number of thiazole rings is 1. The molecule has 0 saturated heterocycles. The maximum atomic E-state index is 13.4. The van der Waals surface area contributed by atoms with Gasteiger partial charge in [0.25, 0.3) is 0 Å². The predicted octanol–water partition coefficient (Wildman–Crippen LogP) is 2.84. The minimum Gasteiger partial charge on any atom is -0.388 e. The van der Waals surface area contributed by atoms with Gasteiger partial charge in [-0.2, -0.15) is 0 Å². The van der Waals surface area contributed by atoms with Gasteiger partial charge >= 0.3 is 0 Å². The Morgan fingerprint density at radius 3 is 2.65 bits per heavy atom. The maximum Gasteiger partial charge on any atom is 0.194 e. The summed E-state index contributed by atoms with van der Waals surface area (Å²) >= 11 is 1.30. The number of halogens is 3. The van der Waals surface area contributed by atoms with Crippen LogP contribution in [0.15, 0.2) is 23.8 Å². The third-order valence-electron chi connectivity index (χ3n) is 2.30. The summed E-state index contributed by atoms with van der Waals surface area (Å²) in [6.07, 6.45) is 0.434. The van der Waals surface area contributed by atoms with Crippen molar-refractivity contribution < 1.29 is 18.3 Å². The topological polar surface area (TPSA) is 33.1 Å². The second kappa shape index (κ2) is 4.85. The van der Waals surface area contributed by atoms with Crippen LogP contribution >= 0.6 is 11.3 Å². The fraction of sp³-hybridized carbons (Fsp3) is 0.182. The van der Waals surface area contributed by atoms with E-state index in [2.05, 4.69) is 4.98 Å². The van der Waals surface area contributed by atoms with Gasteiger partial charge in [-0.3, -0.25) is 4.98 Å². The SMILES string of the molecule is OC(Cc1cncs1)c1ccc(F)c(F)c1F. The fourth-order valence-electron chi connectivity index (χ4n) is 1.44. The van der Waals surface area contributed by atoms with Crippen LogP contribution in [-0.2, 0) is 6.42 Å². The molecule has 1 aromatic heterocycles. The van der Waals surface area contributed by atoms with Gasteiger partial charge in [0.2, 0.25) is 0 Å². The molecule has 2 rings (SSSR count). The maximum absolute atomic E-state index is 13.4. The average Bonchev–Trinajstić information content (AvgIpc) is 2.78. The smallest absolute Gasteiger partial charge is 0.194 e. The Hall–Kier alpha value is -1.40. The normalized spacial score (nSPS) is 12.7. The van der Waals surface area contributed by atoms with Crippen molar-refractivity contribution in [1.82, 2.24) is 4.98 Å². The lowest BCUT2D eigenvalue weighted by Gasteiger charge is -2.11. The molecule has 0 bridgehead atoms. The third kappa shape index (κ3) is 2.48. The van der Waals surface area contributed by atoms with Crippen molar-refractivity contribution in [3.8, 4) is 0 Å². The summed E-state index contributed by atoms with van der Waals surface area (Å²) in [6, 6.07) is 1.84. The first-order valence-electron chi connectivity index (χ1n) is 4.78. The molecule has 2 aromatic rings. The van der Waals surface area contributed by atoms with Gasteiger partial charge in [0.15, 0.2) is 17.5 Å². The lowest BCUT2D eigenvalue weighted by molar-refractivity contribution is 0.172. The third-order valence-corrected chi connectivity index (χ3v) is 3.10. The molecule has 6 heteroatoms. The summed E-state index contributed by atoms with van der Waals surface area (Å²) in [5.74, 6) is -4.18. The Bertz CT molecular complexity index is 516. The first-order chi connectivity index (χ1) is 8.09. The van der Waals surface area contributed by atoms with Crippen molar-refractivity contribution in [2.45, 2.75) is 12.5 Å². The first kappa shape index (κ1) is 12.1. The van der Waals surface area contributed by atoms with E-state index in [-0.39, 0.29) is 12.0 Å². The van der Waals surface area contributed by atoms with E-state index in [0.717, 1.165) is 17.0 Å². The molecule has 0 spiro atoms. The summed E-state index contributed by atoms with van der Waals surface area (Å²) in [6.45, 7) is 0. The minimum atomic E-state index is -1.56. The van der Waals surface area contributed by atoms with Crippen molar-refractivity contribution in [3.63, 3.8) is 0 Å². The van der Waals surface area contributed by atoms with Crippen LogP contribution in [0.5, 0.6) is 0 Å². The van der Waals surface area contributed by atoms with Gasteiger partial charge in [-0.1, -0.05) is 6.07 Å². The zero-order valence-electron chi connectivity index (χ0n) is 8.53. The van der Waals surface area contributed by atoms with Crippen LogP contribution in [0.1, 0.15) is 16.5 Å². The Morgan fingerprint density at radius 2 is 2.00 bits per heavy atom. The molecule has 0 radical (unpaired) electrons. The van der Waals surface area contributed by atoms with Crippen LogP contribution in [0.2, 0.25) is 0 Å². The van der Waals surface area contributed by atoms with E-state index in [9.17, 15) is 18.3 Å². The second-order valence-corrected chi connectivity index (χ2v) is 4.42. The molecule has 1 aromatic carbocycles. The average molecular weight is 259 g/mol. The second-order valence-electron chi connectivity index (χ2n) is 3.45. The van der Waals surface area contributed by atoms with Crippen molar-refractivity contribution in [2.24, 2.45) is 0 Å². The van der Waals surface area contributed by atoms with Crippen molar-refractivity contribution in [3.05, 3.63) is 51.7 Å². The Labute approximate surface area is 99.4 Å². The van der Waals surface area contributed by atoms with Crippen LogP contribution in [0, 0.1) is 17.5 Å². The molecule has 0 fully saturated rings. The summed E-state index contributed by atoms with van der Waals surface area (Å²) in [7, 11) is 0. The van der Waals surface area contributed by atoms with Gasteiger partial charge in [0.05, 0.1) is 11.6 Å². The van der Waals surface area contributed by atoms with Crippen LogP contribution in [0.25, 0.3) is 0 Å². The summed E-state index contributed by atoms with van der Waals surface area (Å²) in [5, 5.41) is 9.74. The predicted molar refractivity (Wildman–Crippen MR) is 57.1 cm³/mol. The number of rotatable bonds is 3. The van der Waals surface area contributed by atoms with E-state index in [0.29, 0.717) is 0 Å². The number of hydrogen-bond donors (Lipinski definition) is 1. The van der Waals surface area contributed by atoms with Crippen molar-refractivity contribution in [1.29, 1.82) is 0 Å². The lowest BCUT2D eigenvalue weighted by atomic mass is 10.1. The Morgan fingerprint density at radius 1 is 1.24 bits per heavy atom. The van der Waals surface area contributed by atoms with Crippen LogP contribution < -0.4 is 0 Å². The molecular formula is C11H8F3NOS. The monoisotopic (exact) mass is 259 g/mol. The lowest BCUT2D eigenvalue weighted by Crippen LogP contribution is -2.06. The number of aliphatic hydroxyl groups is 1. The van der Waals surface area contributed by atoms with Gasteiger partial charge in [0, 0.05) is 23.1 Å². The number of aliphatic hydroxyl groups excluding tert-OH is 1. The van der Waals surface area contributed by atoms with Crippen LogP contribution in [0.3, 0.4) is 0 Å². The van der Waals surface area contributed by atoms with Crippen molar-refractivity contribution in [2.75, 3.05) is 0 Å². The van der Waals surface area contributed by atoms with Gasteiger partial charge in [-0.05, 0) is 6.07 Å². The highest BCUT2D eigenvalue weighted by molar-refractivity contribution is 7.09. The Balaban J connectivity index is 2.25. The number of hydrogen-bond acceptors (Lipinski definition) is 3. The minimum absolute atomic E-state index is 0.118. The fourth-order valence-corrected chi connectivity index (χ4v) is 2.07. The van der Waals surface area contributed by atoms with Gasteiger partial charge in [-0.25, -0.2) is 13.2 Å². The highest BCUT2D eigenvalue weighted by Crippen LogP contribution is 2.25. The summed E-state index contributed by atoms with van der Waals surface area (Å²) < 4.78 is 39.0.